The summed E-state index contributed by atoms with van der Waals surface area (Å²) in [5, 5.41) is 9.16. The van der Waals surface area contributed by atoms with Crippen LogP contribution < -0.4 is 0 Å². The third-order valence-corrected chi connectivity index (χ3v) is 3.51. The van der Waals surface area contributed by atoms with Gasteiger partial charge in [-0.15, -0.1) is 0 Å². The zero-order valence-corrected chi connectivity index (χ0v) is 10.1. The maximum absolute atomic E-state index is 13.1. The molecule has 3 rings (SSSR count). The number of rotatable bonds is 2. The second kappa shape index (κ2) is 3.82. The van der Waals surface area contributed by atoms with Crippen molar-refractivity contribution in [3.8, 4) is 17.3 Å². The number of nitrogens with zero attached hydrogens (tertiary/aromatic N) is 2. The summed E-state index contributed by atoms with van der Waals surface area (Å²) in [5.41, 5.74) is 1.06. The summed E-state index contributed by atoms with van der Waals surface area (Å²) in [6.45, 7) is 0. The normalized spacial score (nSPS) is 16.3. The number of aromatic nitrogens is 2. The summed E-state index contributed by atoms with van der Waals surface area (Å²) >= 11 is 5.74. The molecule has 1 aliphatic carbocycles. The van der Waals surface area contributed by atoms with Gasteiger partial charge in [0.2, 0.25) is 0 Å². The van der Waals surface area contributed by atoms with Crippen molar-refractivity contribution in [2.45, 2.75) is 18.3 Å². The highest BCUT2D eigenvalue weighted by Gasteiger charge is 2.47. The summed E-state index contributed by atoms with van der Waals surface area (Å²) in [7, 11) is 0. The van der Waals surface area contributed by atoms with Gasteiger partial charge in [0, 0.05) is 5.56 Å². The number of hydrogen-bond acceptors (Lipinski definition) is 2. The molecule has 0 bridgehead atoms. The van der Waals surface area contributed by atoms with Gasteiger partial charge in [-0.2, -0.15) is 5.26 Å². The lowest BCUT2D eigenvalue weighted by atomic mass is 10.1. The van der Waals surface area contributed by atoms with Gasteiger partial charge in [-0.3, -0.25) is 0 Å². The number of hydrogen-bond donors (Lipinski definition) is 1. The van der Waals surface area contributed by atoms with E-state index < -0.39 is 11.2 Å². The molecule has 0 saturated heterocycles. The minimum atomic E-state index is -0.448. The van der Waals surface area contributed by atoms with Crippen molar-refractivity contribution < 1.29 is 4.39 Å². The van der Waals surface area contributed by atoms with E-state index in [1.807, 2.05) is 0 Å². The Morgan fingerprint density at radius 3 is 2.83 bits per heavy atom. The molecule has 0 radical (unpaired) electrons. The minimum Gasteiger partial charge on any atom is -0.341 e. The molecule has 1 fully saturated rings. The third kappa shape index (κ3) is 1.68. The molecule has 3 nitrogen and oxygen atoms in total. The average molecular weight is 262 g/mol. The van der Waals surface area contributed by atoms with Crippen molar-refractivity contribution in [3.05, 3.63) is 41.1 Å². The van der Waals surface area contributed by atoms with Crippen LogP contribution in [0.4, 0.5) is 4.39 Å². The van der Waals surface area contributed by atoms with Crippen LogP contribution in [0.15, 0.2) is 24.4 Å². The van der Waals surface area contributed by atoms with Gasteiger partial charge in [0.05, 0.1) is 23.0 Å². The smallest absolute Gasteiger partial charge is 0.141 e. The van der Waals surface area contributed by atoms with Crippen LogP contribution in [0.3, 0.4) is 0 Å². The van der Waals surface area contributed by atoms with Gasteiger partial charge in [0.25, 0.3) is 0 Å². The first kappa shape index (κ1) is 11.2. The van der Waals surface area contributed by atoms with E-state index in [4.69, 9.17) is 16.9 Å². The van der Waals surface area contributed by atoms with Crippen LogP contribution in [0.25, 0.3) is 11.3 Å². The molecule has 0 aliphatic heterocycles. The Bertz CT molecular complexity index is 652. The fourth-order valence-electron chi connectivity index (χ4n) is 1.90. The van der Waals surface area contributed by atoms with Crippen LogP contribution in [0, 0.1) is 17.1 Å². The lowest BCUT2D eigenvalue weighted by Crippen LogP contribution is -2.04. The Morgan fingerprint density at radius 2 is 2.22 bits per heavy atom. The van der Waals surface area contributed by atoms with E-state index in [9.17, 15) is 4.39 Å². The highest BCUT2D eigenvalue weighted by Crippen LogP contribution is 2.46. The van der Waals surface area contributed by atoms with Gasteiger partial charge >= 0.3 is 0 Å². The second-order valence-corrected chi connectivity index (χ2v) is 4.88. The molecule has 1 aromatic heterocycles. The van der Waals surface area contributed by atoms with E-state index in [1.54, 1.807) is 18.3 Å². The summed E-state index contributed by atoms with van der Waals surface area (Å²) in [5.74, 6) is 0.233. The Hall–Kier alpha value is -1.86. The van der Waals surface area contributed by atoms with Crippen molar-refractivity contribution in [2.24, 2.45) is 0 Å². The quantitative estimate of drug-likeness (QED) is 0.900. The number of H-pyrrole nitrogens is 1. The third-order valence-electron chi connectivity index (χ3n) is 3.22. The van der Waals surface area contributed by atoms with Gasteiger partial charge in [-0.05, 0) is 31.0 Å². The van der Waals surface area contributed by atoms with E-state index >= 15 is 0 Å². The molecule has 90 valence electrons. The van der Waals surface area contributed by atoms with Gasteiger partial charge in [0.1, 0.15) is 17.1 Å². The van der Waals surface area contributed by atoms with Crippen LogP contribution in [0.1, 0.15) is 18.7 Å². The Labute approximate surface area is 108 Å². The van der Waals surface area contributed by atoms with E-state index in [0.29, 0.717) is 5.82 Å². The molecule has 0 spiro atoms. The largest absolute Gasteiger partial charge is 0.341 e. The van der Waals surface area contributed by atoms with E-state index in [2.05, 4.69) is 16.0 Å². The van der Waals surface area contributed by atoms with Gasteiger partial charge in [0.15, 0.2) is 0 Å². The van der Waals surface area contributed by atoms with Crippen LogP contribution in [0.5, 0.6) is 0 Å². The highest BCUT2D eigenvalue weighted by atomic mass is 35.5. The number of nitriles is 1. The molecule has 1 saturated carbocycles. The van der Waals surface area contributed by atoms with Crippen molar-refractivity contribution >= 4 is 11.6 Å². The predicted molar refractivity (Wildman–Crippen MR) is 65.5 cm³/mol. The molecule has 2 aromatic rings. The molecule has 1 N–H and O–H groups in total. The number of nitrogens with one attached hydrogen (secondary N) is 1. The van der Waals surface area contributed by atoms with Gasteiger partial charge in [-0.25, -0.2) is 9.37 Å². The van der Waals surface area contributed by atoms with Gasteiger partial charge in [-0.1, -0.05) is 11.6 Å². The summed E-state index contributed by atoms with van der Waals surface area (Å²) in [4.78, 5) is 7.35. The zero-order chi connectivity index (χ0) is 12.8. The lowest BCUT2D eigenvalue weighted by molar-refractivity contribution is 0.628. The highest BCUT2D eigenvalue weighted by molar-refractivity contribution is 6.31. The fraction of sp³-hybridized carbons (Fsp3) is 0.231. The molecular formula is C13H9ClFN3. The molecule has 1 heterocycles. The van der Waals surface area contributed by atoms with E-state index in [0.717, 1.165) is 24.1 Å². The maximum atomic E-state index is 13.1. The van der Waals surface area contributed by atoms with E-state index in [-0.39, 0.29) is 5.02 Å². The van der Waals surface area contributed by atoms with Crippen molar-refractivity contribution in [1.29, 1.82) is 5.26 Å². The Morgan fingerprint density at radius 1 is 1.44 bits per heavy atom. The average Bonchev–Trinajstić information content (AvgIpc) is 3.02. The first-order valence-electron chi connectivity index (χ1n) is 5.57. The lowest BCUT2D eigenvalue weighted by Gasteiger charge is -2.01. The molecule has 1 aromatic carbocycles. The maximum Gasteiger partial charge on any atom is 0.141 e. The van der Waals surface area contributed by atoms with Crippen LogP contribution >= 0.6 is 11.6 Å². The zero-order valence-electron chi connectivity index (χ0n) is 9.37. The summed E-state index contributed by atoms with van der Waals surface area (Å²) in [6, 6.07) is 6.76. The number of halogens is 2. The number of aromatic amines is 1. The SMILES string of the molecule is N#CC1(c2ncc(-c3ccc(F)c(Cl)c3)[nH]2)CC1. The topological polar surface area (TPSA) is 52.5 Å². The monoisotopic (exact) mass is 261 g/mol. The predicted octanol–water partition coefficient (Wildman–Crippen LogP) is 3.42. The first-order valence-corrected chi connectivity index (χ1v) is 5.95. The first-order chi connectivity index (χ1) is 8.64. The van der Waals surface area contributed by atoms with Crippen molar-refractivity contribution in [3.63, 3.8) is 0 Å². The van der Waals surface area contributed by atoms with Crippen LogP contribution in [-0.2, 0) is 5.41 Å². The van der Waals surface area contributed by atoms with Crippen LogP contribution in [-0.4, -0.2) is 9.97 Å². The number of imidazole rings is 1. The molecule has 5 heteroatoms. The van der Waals surface area contributed by atoms with Gasteiger partial charge < -0.3 is 4.98 Å². The number of benzene rings is 1. The minimum absolute atomic E-state index is 0.0741. The van der Waals surface area contributed by atoms with Crippen LogP contribution in [0.2, 0.25) is 5.02 Å². The standard InChI is InChI=1S/C13H9ClFN3/c14-9-5-8(1-2-10(9)15)11-6-17-12(18-11)13(7-16)3-4-13/h1-2,5-6H,3-4H2,(H,17,18). The molecule has 0 unspecified atom stereocenters. The molecular weight excluding hydrogens is 253 g/mol. The summed E-state index contributed by atoms with van der Waals surface area (Å²) < 4.78 is 13.1. The molecule has 1 aliphatic rings. The molecule has 0 amide bonds. The van der Waals surface area contributed by atoms with Crippen molar-refractivity contribution in [1.82, 2.24) is 9.97 Å². The summed E-state index contributed by atoms with van der Waals surface area (Å²) in [6.07, 6.45) is 3.32. The second-order valence-electron chi connectivity index (χ2n) is 4.47. The Balaban J connectivity index is 1.98. The molecule has 18 heavy (non-hydrogen) atoms. The Kier molecular flexibility index (Phi) is 2.39. The molecule has 0 atom stereocenters. The van der Waals surface area contributed by atoms with Crippen molar-refractivity contribution in [2.75, 3.05) is 0 Å². The van der Waals surface area contributed by atoms with E-state index in [1.165, 1.54) is 6.07 Å². The fourth-order valence-corrected chi connectivity index (χ4v) is 2.08.